The second kappa shape index (κ2) is 64.6. The van der Waals surface area contributed by atoms with Gasteiger partial charge in [0, 0.05) is 39.1 Å². The van der Waals surface area contributed by atoms with Crippen molar-refractivity contribution < 1.29 is 66.6 Å². The molecule has 0 aliphatic carbocycles. The zero-order valence-corrected chi connectivity index (χ0v) is 16.2. The van der Waals surface area contributed by atoms with E-state index in [-0.39, 0.29) is 33.6 Å². The summed E-state index contributed by atoms with van der Waals surface area (Å²) in [5.41, 5.74) is 2.18. The molecule has 7 nitrogen and oxygen atoms in total. The summed E-state index contributed by atoms with van der Waals surface area (Å²) in [5.74, 6) is 5.70. The standard InChI is InChI=1S/C12H14O.6CO.2Co/c1-3-12(13)9-8-11-6-4-10(2)5-7-11;6*1-2;;/h4-7,12-13H,3H2,1-2H3;;;;;;;;/t12-;;;;;;;;/m0......../s1. The van der Waals surface area contributed by atoms with Gasteiger partial charge in [-0.1, -0.05) is 36.5 Å². The maximum absolute atomic E-state index is 9.20. The van der Waals surface area contributed by atoms with Crippen LogP contribution >= 0.6 is 0 Å². The van der Waals surface area contributed by atoms with E-state index in [0.717, 1.165) is 5.56 Å². The summed E-state index contributed by atoms with van der Waals surface area (Å²) in [6, 6.07) is 7.96. The Hall–Kier alpha value is -1.81. The van der Waals surface area contributed by atoms with Crippen molar-refractivity contribution in [1.29, 1.82) is 0 Å². The van der Waals surface area contributed by atoms with Crippen LogP contribution in [0, 0.1) is 58.7 Å². The maximum Gasteiger partial charge on any atom is 0 e. The van der Waals surface area contributed by atoms with Crippen molar-refractivity contribution in [1.82, 2.24) is 0 Å². The topological polar surface area (TPSA) is 140 Å². The van der Waals surface area contributed by atoms with Gasteiger partial charge >= 0.3 is 67.8 Å². The Bertz CT molecular complexity index is 513. The Kier molecular flexibility index (Phi) is 119. The van der Waals surface area contributed by atoms with Gasteiger partial charge < -0.3 is 5.11 Å². The smallest absolute Gasteiger partial charge is 0 e. The minimum atomic E-state index is -0.499. The number of aliphatic hydroxyl groups is 1. The van der Waals surface area contributed by atoms with E-state index in [0.29, 0.717) is 6.42 Å². The minimum Gasteiger partial charge on any atom is 0 e. The Morgan fingerprint density at radius 2 is 1.07 bits per heavy atom. The molecule has 0 saturated heterocycles. The molecular formula is C18H14Co2O7. The third-order valence-electron chi connectivity index (χ3n) is 1.82. The monoisotopic (exact) mass is 460 g/mol. The molecule has 0 spiro atoms. The Balaban J connectivity index is -0.0000000370. The third-order valence-corrected chi connectivity index (χ3v) is 1.82. The molecule has 1 aromatic rings. The summed E-state index contributed by atoms with van der Waals surface area (Å²) in [4.78, 5) is 0. The van der Waals surface area contributed by atoms with E-state index in [1.807, 2.05) is 38.1 Å². The van der Waals surface area contributed by atoms with E-state index in [4.69, 9.17) is 27.9 Å². The number of rotatable bonds is 1. The van der Waals surface area contributed by atoms with Gasteiger partial charge in [-0.3, -0.25) is 0 Å². The van der Waals surface area contributed by atoms with Crippen molar-refractivity contribution in [2.24, 2.45) is 0 Å². The van der Waals surface area contributed by atoms with E-state index in [9.17, 15) is 5.11 Å². The molecule has 0 amide bonds. The van der Waals surface area contributed by atoms with Crippen LogP contribution in [-0.4, -0.2) is 11.2 Å². The van der Waals surface area contributed by atoms with Crippen LogP contribution in [0.25, 0.3) is 0 Å². The summed E-state index contributed by atoms with van der Waals surface area (Å²) in [6.45, 7) is 31.0. The summed E-state index contributed by atoms with van der Waals surface area (Å²) >= 11 is 0. The number of hydrogen-bond donors (Lipinski definition) is 1. The molecule has 0 heterocycles. The molecule has 146 valence electrons. The normalized spacial score (nSPS) is 6.04. The van der Waals surface area contributed by atoms with Gasteiger partial charge in [0.2, 0.25) is 0 Å². The quantitative estimate of drug-likeness (QED) is 0.382. The molecular weight excluding hydrogens is 446 g/mol. The van der Waals surface area contributed by atoms with Crippen LogP contribution in [0.1, 0.15) is 24.5 Å². The van der Waals surface area contributed by atoms with Gasteiger partial charge in [0.1, 0.15) is 6.10 Å². The molecule has 0 aromatic heterocycles. The Morgan fingerprint density at radius 3 is 1.33 bits per heavy atom. The molecule has 1 aromatic carbocycles. The van der Waals surface area contributed by atoms with Crippen LogP contribution in [0.3, 0.4) is 0 Å². The number of hydrogen-bond acceptors (Lipinski definition) is 1. The average molecular weight is 460 g/mol. The number of benzene rings is 1. The molecule has 27 heavy (non-hydrogen) atoms. The molecule has 0 aliphatic heterocycles. The van der Waals surface area contributed by atoms with Gasteiger partial charge in [-0.15, -0.1) is 0 Å². The molecule has 1 atom stereocenters. The fourth-order valence-electron chi connectivity index (χ4n) is 0.906. The zero-order valence-electron chi connectivity index (χ0n) is 14.2. The molecule has 1 N–H and O–H groups in total. The third kappa shape index (κ3) is 51.6. The van der Waals surface area contributed by atoms with Crippen LogP contribution in [0.4, 0.5) is 0 Å². The largest absolute Gasteiger partial charge is 0 e. The number of aryl methyl sites for hydroxylation is 1. The van der Waals surface area contributed by atoms with Gasteiger partial charge in [0.15, 0.2) is 0 Å². The average Bonchev–Trinajstić information content (AvgIpc) is 2.76. The minimum absolute atomic E-state index is 0. The van der Waals surface area contributed by atoms with E-state index < -0.39 is 6.10 Å². The van der Waals surface area contributed by atoms with Crippen molar-refractivity contribution in [3.63, 3.8) is 0 Å². The van der Waals surface area contributed by atoms with Crippen LogP contribution in [-0.2, 0) is 61.5 Å². The van der Waals surface area contributed by atoms with E-state index in [2.05, 4.69) is 51.7 Å². The van der Waals surface area contributed by atoms with Crippen molar-refractivity contribution in [3.05, 3.63) is 75.3 Å². The van der Waals surface area contributed by atoms with Crippen molar-refractivity contribution in [2.75, 3.05) is 0 Å². The predicted molar refractivity (Wildman–Crippen MR) is 77.9 cm³/mol. The zero-order chi connectivity index (χ0) is 21.7. The SMILES string of the molecule is CC[C@H](O)C#Cc1ccc(C)cc1.[C-]#[O+].[C-]#[O+].[C-]#[O+].[C-]#[O+].[C-]#[O+].[C-]#[O+].[Co].[Co]. The van der Waals surface area contributed by atoms with Gasteiger partial charge in [-0.25, -0.2) is 0 Å². The number of aliphatic hydroxyl groups excluding tert-OH is 1. The molecule has 0 unspecified atom stereocenters. The van der Waals surface area contributed by atoms with Crippen LogP contribution in [0.5, 0.6) is 0 Å². The summed E-state index contributed by atoms with van der Waals surface area (Å²) < 4.78 is 45.0. The Labute approximate surface area is 180 Å². The van der Waals surface area contributed by atoms with Crippen molar-refractivity contribution in [2.45, 2.75) is 26.4 Å². The molecule has 0 saturated carbocycles. The molecule has 0 fully saturated rings. The van der Waals surface area contributed by atoms with Crippen LogP contribution < -0.4 is 0 Å². The summed E-state index contributed by atoms with van der Waals surface area (Å²) in [7, 11) is 0. The first-order valence-corrected chi connectivity index (χ1v) is 5.71. The van der Waals surface area contributed by atoms with E-state index >= 15 is 0 Å². The van der Waals surface area contributed by atoms with Gasteiger partial charge in [-0.2, -0.15) is 0 Å². The molecule has 1 rings (SSSR count). The molecule has 0 bridgehead atoms. The van der Waals surface area contributed by atoms with Crippen molar-refractivity contribution >= 4 is 0 Å². The predicted octanol–water partition coefficient (Wildman–Crippen LogP) is 1.89. The molecule has 2 radical (unpaired) electrons. The van der Waals surface area contributed by atoms with Gasteiger partial charge in [0.05, 0.1) is 0 Å². The maximum atomic E-state index is 9.20. The van der Waals surface area contributed by atoms with E-state index in [1.165, 1.54) is 5.56 Å². The van der Waals surface area contributed by atoms with E-state index in [1.54, 1.807) is 0 Å². The van der Waals surface area contributed by atoms with Crippen molar-refractivity contribution in [3.8, 4) is 11.8 Å². The van der Waals surface area contributed by atoms with Gasteiger partial charge in [-0.05, 0) is 25.5 Å². The first-order chi connectivity index (χ1) is 12.2. The van der Waals surface area contributed by atoms with Crippen LogP contribution in [0.15, 0.2) is 24.3 Å². The fraction of sp³-hybridized carbons (Fsp3) is 0.222. The first-order valence-electron chi connectivity index (χ1n) is 5.71. The second-order valence-electron chi connectivity index (χ2n) is 3.06. The summed E-state index contributed by atoms with van der Waals surface area (Å²) in [5, 5.41) is 9.20. The first kappa shape index (κ1) is 49.9. The Morgan fingerprint density at radius 1 is 0.778 bits per heavy atom. The summed E-state index contributed by atoms with van der Waals surface area (Å²) in [6.07, 6.45) is 0.181. The molecule has 0 aliphatic rings. The van der Waals surface area contributed by atoms with Gasteiger partial charge in [0.25, 0.3) is 0 Å². The fourth-order valence-corrected chi connectivity index (χ4v) is 0.906. The second-order valence-corrected chi connectivity index (χ2v) is 3.06. The molecule has 9 heteroatoms. The van der Waals surface area contributed by atoms with Crippen LogP contribution in [0.2, 0.25) is 0 Å².